The summed E-state index contributed by atoms with van der Waals surface area (Å²) in [5.74, 6) is -1.10. The van der Waals surface area contributed by atoms with Crippen molar-refractivity contribution in [2.45, 2.75) is 24.2 Å². The van der Waals surface area contributed by atoms with Crippen LogP contribution in [0.25, 0.3) is 16.9 Å². The van der Waals surface area contributed by atoms with Crippen molar-refractivity contribution in [3.63, 3.8) is 0 Å². The summed E-state index contributed by atoms with van der Waals surface area (Å²) in [5.41, 5.74) is 0.176. The van der Waals surface area contributed by atoms with Gasteiger partial charge in [0, 0.05) is 15.5 Å². The number of alkyl halides is 6. The van der Waals surface area contributed by atoms with E-state index in [-0.39, 0.29) is 5.69 Å². The molecule has 0 atom stereocenters. The standard InChI is InChI=1S/C19H13ClF6N2S/c1-11-5-6-12(7-16(11)29-10-18(21,22)23)15-9-17(19(24,25)26)27-28(15)14-4-2-3-13(20)8-14/h2-9H,10H2,1H3. The van der Waals surface area contributed by atoms with Crippen LogP contribution in [0.5, 0.6) is 0 Å². The molecule has 0 saturated carbocycles. The molecular formula is C19H13ClF6N2S. The molecule has 0 bridgehead atoms. The van der Waals surface area contributed by atoms with Crippen LogP contribution in [0.2, 0.25) is 5.02 Å². The van der Waals surface area contributed by atoms with E-state index in [1.807, 2.05) is 0 Å². The number of aryl methyl sites for hydroxylation is 1. The molecule has 0 aliphatic rings. The third kappa shape index (κ3) is 5.27. The van der Waals surface area contributed by atoms with Gasteiger partial charge in [-0.25, -0.2) is 4.68 Å². The first kappa shape index (κ1) is 21.6. The molecule has 0 aliphatic carbocycles. The van der Waals surface area contributed by atoms with E-state index in [2.05, 4.69) is 5.10 Å². The van der Waals surface area contributed by atoms with Crippen LogP contribution in [0, 0.1) is 6.92 Å². The summed E-state index contributed by atoms with van der Waals surface area (Å²) in [7, 11) is 0. The maximum atomic E-state index is 13.3. The molecule has 2 nitrogen and oxygen atoms in total. The number of nitrogens with zero attached hydrogens (tertiary/aromatic N) is 2. The van der Waals surface area contributed by atoms with Crippen molar-refractivity contribution < 1.29 is 26.3 Å². The van der Waals surface area contributed by atoms with Crippen LogP contribution >= 0.6 is 23.4 Å². The van der Waals surface area contributed by atoms with E-state index < -0.39 is 23.8 Å². The highest BCUT2D eigenvalue weighted by molar-refractivity contribution is 7.99. The lowest BCUT2D eigenvalue weighted by Crippen LogP contribution is -2.10. The van der Waals surface area contributed by atoms with Crippen LogP contribution in [0.3, 0.4) is 0 Å². The molecule has 10 heteroatoms. The number of halogens is 7. The van der Waals surface area contributed by atoms with Crippen molar-refractivity contribution in [2.24, 2.45) is 0 Å². The van der Waals surface area contributed by atoms with Gasteiger partial charge >= 0.3 is 12.4 Å². The van der Waals surface area contributed by atoms with Crippen molar-refractivity contribution in [1.82, 2.24) is 9.78 Å². The zero-order chi connectivity index (χ0) is 21.4. The minimum absolute atomic E-state index is 0.0912. The minimum atomic E-state index is -4.68. The molecule has 2 aromatic carbocycles. The van der Waals surface area contributed by atoms with Crippen LogP contribution in [-0.2, 0) is 6.18 Å². The summed E-state index contributed by atoms with van der Waals surface area (Å²) in [6, 6.07) is 11.5. The Bertz CT molecular complexity index is 1030. The number of benzene rings is 2. The molecule has 1 heterocycles. The molecule has 0 saturated heterocycles. The number of hydrogen-bond acceptors (Lipinski definition) is 2. The lowest BCUT2D eigenvalue weighted by Gasteiger charge is -2.12. The first-order valence-corrected chi connectivity index (χ1v) is 9.54. The average Bonchev–Trinajstić information content (AvgIpc) is 3.06. The lowest BCUT2D eigenvalue weighted by molar-refractivity contribution is -0.141. The monoisotopic (exact) mass is 450 g/mol. The van der Waals surface area contributed by atoms with Crippen molar-refractivity contribution in [3.8, 4) is 16.9 Å². The zero-order valence-corrected chi connectivity index (χ0v) is 16.3. The summed E-state index contributed by atoms with van der Waals surface area (Å²) in [4.78, 5) is 0.326. The molecule has 0 amide bonds. The van der Waals surface area contributed by atoms with Crippen molar-refractivity contribution in [2.75, 3.05) is 5.75 Å². The van der Waals surface area contributed by atoms with Gasteiger partial charge in [-0.2, -0.15) is 31.4 Å². The zero-order valence-electron chi connectivity index (χ0n) is 14.8. The normalized spacial score (nSPS) is 12.4. The van der Waals surface area contributed by atoms with Gasteiger partial charge in [-0.15, -0.1) is 11.8 Å². The van der Waals surface area contributed by atoms with Gasteiger partial charge < -0.3 is 0 Å². The molecule has 0 fully saturated rings. The third-order valence-electron chi connectivity index (χ3n) is 3.93. The molecular weight excluding hydrogens is 438 g/mol. The van der Waals surface area contributed by atoms with Gasteiger partial charge in [-0.1, -0.05) is 29.8 Å². The Kier molecular flexibility index (Phi) is 5.91. The van der Waals surface area contributed by atoms with Crippen LogP contribution < -0.4 is 0 Å². The first-order valence-electron chi connectivity index (χ1n) is 8.18. The van der Waals surface area contributed by atoms with E-state index in [9.17, 15) is 26.3 Å². The fraction of sp³-hybridized carbons (Fsp3) is 0.211. The summed E-state index contributed by atoms with van der Waals surface area (Å²) in [6.45, 7) is 1.64. The molecule has 0 radical (unpaired) electrons. The maximum Gasteiger partial charge on any atom is 0.435 e. The summed E-state index contributed by atoms with van der Waals surface area (Å²) < 4.78 is 78.6. The molecule has 3 aromatic rings. The molecule has 0 unspecified atom stereocenters. The second kappa shape index (κ2) is 7.95. The number of thioether (sulfide) groups is 1. The predicted molar refractivity (Wildman–Crippen MR) is 101 cm³/mol. The first-order chi connectivity index (χ1) is 13.4. The topological polar surface area (TPSA) is 17.8 Å². The maximum absolute atomic E-state index is 13.3. The van der Waals surface area contributed by atoms with E-state index in [1.165, 1.54) is 18.2 Å². The second-order valence-corrected chi connectivity index (χ2v) is 7.64. The molecule has 1 aromatic heterocycles. The summed E-state index contributed by atoms with van der Waals surface area (Å²) in [5, 5.41) is 3.96. The summed E-state index contributed by atoms with van der Waals surface area (Å²) in [6.07, 6.45) is -9.05. The SMILES string of the molecule is Cc1ccc(-c2cc(C(F)(F)F)nn2-c2cccc(Cl)c2)cc1SCC(F)(F)F. The Morgan fingerprint density at radius 3 is 2.34 bits per heavy atom. The lowest BCUT2D eigenvalue weighted by atomic mass is 10.1. The van der Waals surface area contributed by atoms with Gasteiger partial charge in [0.25, 0.3) is 0 Å². The number of hydrogen-bond donors (Lipinski definition) is 0. The number of rotatable bonds is 4. The van der Waals surface area contributed by atoms with Crippen LogP contribution in [0.15, 0.2) is 53.4 Å². The van der Waals surface area contributed by atoms with E-state index in [4.69, 9.17) is 11.6 Å². The van der Waals surface area contributed by atoms with Crippen molar-refractivity contribution in [1.29, 1.82) is 0 Å². The third-order valence-corrected chi connectivity index (χ3v) is 5.39. The molecule has 3 rings (SSSR count). The fourth-order valence-corrected chi connectivity index (χ4v) is 3.61. The molecule has 29 heavy (non-hydrogen) atoms. The Labute approximate surface area is 171 Å². The van der Waals surface area contributed by atoms with E-state index in [1.54, 1.807) is 31.2 Å². The molecule has 154 valence electrons. The van der Waals surface area contributed by atoms with Gasteiger partial charge in [0.05, 0.1) is 17.1 Å². The largest absolute Gasteiger partial charge is 0.435 e. The van der Waals surface area contributed by atoms with Gasteiger partial charge in [0.15, 0.2) is 5.69 Å². The Hall–Kier alpha value is -2.13. The molecule has 0 N–H and O–H groups in total. The quantitative estimate of drug-likeness (QED) is 0.309. The predicted octanol–water partition coefficient (Wildman–Crippen LogP) is 7.17. The average molecular weight is 451 g/mol. The van der Waals surface area contributed by atoms with Gasteiger partial charge in [0.1, 0.15) is 0 Å². The van der Waals surface area contributed by atoms with Crippen LogP contribution in [0.1, 0.15) is 11.3 Å². The Morgan fingerprint density at radius 2 is 1.72 bits per heavy atom. The van der Waals surface area contributed by atoms with E-state index in [0.717, 1.165) is 10.7 Å². The van der Waals surface area contributed by atoms with Gasteiger partial charge in [-0.3, -0.25) is 0 Å². The fourth-order valence-electron chi connectivity index (χ4n) is 2.60. The van der Waals surface area contributed by atoms with Gasteiger partial charge in [0.2, 0.25) is 0 Å². The minimum Gasteiger partial charge on any atom is -0.232 e. The Morgan fingerprint density at radius 1 is 1.00 bits per heavy atom. The number of aromatic nitrogens is 2. The molecule has 0 spiro atoms. The highest BCUT2D eigenvalue weighted by Crippen LogP contribution is 2.36. The second-order valence-electron chi connectivity index (χ2n) is 6.19. The van der Waals surface area contributed by atoms with Crippen LogP contribution in [-0.4, -0.2) is 21.7 Å². The highest BCUT2D eigenvalue weighted by atomic mass is 35.5. The van der Waals surface area contributed by atoms with E-state index in [0.29, 0.717) is 38.5 Å². The molecule has 0 aliphatic heterocycles. The van der Waals surface area contributed by atoms with Crippen molar-refractivity contribution >= 4 is 23.4 Å². The summed E-state index contributed by atoms with van der Waals surface area (Å²) >= 11 is 6.53. The van der Waals surface area contributed by atoms with Crippen molar-refractivity contribution in [3.05, 3.63) is 64.8 Å². The van der Waals surface area contributed by atoms with E-state index >= 15 is 0 Å². The smallest absolute Gasteiger partial charge is 0.232 e. The van der Waals surface area contributed by atoms with Crippen LogP contribution in [0.4, 0.5) is 26.3 Å². The highest BCUT2D eigenvalue weighted by Gasteiger charge is 2.35. The Balaban J connectivity index is 2.11. The van der Waals surface area contributed by atoms with Gasteiger partial charge in [-0.05, 0) is 42.8 Å².